The van der Waals surface area contributed by atoms with Crippen LogP contribution in [0.3, 0.4) is 0 Å². The Morgan fingerprint density at radius 3 is 2.58 bits per heavy atom. The molecule has 6 heteroatoms. The first-order chi connectivity index (χ1) is 8.97. The van der Waals surface area contributed by atoms with Gasteiger partial charge in [0.1, 0.15) is 12.4 Å². The Morgan fingerprint density at radius 2 is 1.95 bits per heavy atom. The van der Waals surface area contributed by atoms with Crippen molar-refractivity contribution >= 4 is 33.2 Å². The Kier molecular flexibility index (Phi) is 4.27. The van der Waals surface area contributed by atoms with Crippen molar-refractivity contribution in [3.8, 4) is 5.75 Å². The molecule has 0 fully saturated rings. The van der Waals surface area contributed by atoms with Crippen LogP contribution in [0.1, 0.15) is 5.56 Å². The van der Waals surface area contributed by atoms with E-state index in [4.69, 9.17) is 22.1 Å². The number of rotatable bonds is 3. The van der Waals surface area contributed by atoms with Gasteiger partial charge >= 0.3 is 0 Å². The molecule has 0 saturated heterocycles. The Hall–Kier alpha value is -1.33. The smallest absolute Gasteiger partial charge is 0.169 e. The summed E-state index contributed by atoms with van der Waals surface area (Å²) in [6, 6.07) is 6.88. The number of benzene rings is 2. The fraction of sp³-hybridized carbons (Fsp3) is 0.0769. The third-order valence-electron chi connectivity index (χ3n) is 2.41. The molecule has 2 nitrogen and oxygen atoms in total. The van der Waals surface area contributed by atoms with Gasteiger partial charge in [0.15, 0.2) is 11.6 Å². The average Bonchev–Trinajstić information content (AvgIpc) is 2.32. The summed E-state index contributed by atoms with van der Waals surface area (Å²) in [4.78, 5) is 0. The van der Waals surface area contributed by atoms with Crippen LogP contribution in [0.25, 0.3) is 0 Å². The van der Waals surface area contributed by atoms with Gasteiger partial charge in [0.05, 0.1) is 15.2 Å². The lowest BCUT2D eigenvalue weighted by Crippen LogP contribution is -2.00. The Morgan fingerprint density at radius 1 is 1.21 bits per heavy atom. The highest BCUT2D eigenvalue weighted by Gasteiger charge is 2.11. The second kappa shape index (κ2) is 5.75. The maximum atomic E-state index is 13.5. The predicted octanol–water partition coefficient (Wildman–Crippen LogP) is 4.54. The third kappa shape index (κ3) is 3.36. The van der Waals surface area contributed by atoms with Gasteiger partial charge < -0.3 is 10.5 Å². The molecule has 0 radical (unpaired) electrons. The van der Waals surface area contributed by atoms with Crippen LogP contribution in [-0.2, 0) is 6.61 Å². The largest absolute Gasteiger partial charge is 0.485 e. The molecule has 2 rings (SSSR count). The molecule has 0 heterocycles. The molecule has 2 N–H and O–H groups in total. The Balaban J connectivity index is 2.16. The summed E-state index contributed by atoms with van der Waals surface area (Å²) in [6.07, 6.45) is 0. The molecule has 0 spiro atoms. The number of nitrogen functional groups attached to an aromatic ring is 1. The van der Waals surface area contributed by atoms with E-state index in [9.17, 15) is 8.78 Å². The summed E-state index contributed by atoms with van der Waals surface area (Å²) in [5.41, 5.74) is 6.80. The lowest BCUT2D eigenvalue weighted by Gasteiger charge is -2.10. The molecule has 0 unspecified atom stereocenters. The third-order valence-corrected chi connectivity index (χ3v) is 3.34. The highest BCUT2D eigenvalue weighted by molar-refractivity contribution is 9.10. The minimum absolute atomic E-state index is 0.0464. The molecule has 0 aliphatic heterocycles. The van der Waals surface area contributed by atoms with Crippen LogP contribution in [0.15, 0.2) is 34.8 Å². The van der Waals surface area contributed by atoms with Crippen LogP contribution in [0.2, 0.25) is 5.02 Å². The molecule has 2 aromatic carbocycles. The van der Waals surface area contributed by atoms with E-state index >= 15 is 0 Å². The van der Waals surface area contributed by atoms with Crippen molar-refractivity contribution < 1.29 is 13.5 Å². The number of halogens is 4. The monoisotopic (exact) mass is 347 g/mol. The Bertz CT molecular complexity index is 599. The number of ether oxygens (including phenoxy) is 1. The number of hydrogen-bond donors (Lipinski definition) is 1. The van der Waals surface area contributed by atoms with E-state index < -0.39 is 11.6 Å². The van der Waals surface area contributed by atoms with Gasteiger partial charge in [-0.2, -0.15) is 0 Å². The van der Waals surface area contributed by atoms with Crippen molar-refractivity contribution in [2.45, 2.75) is 6.61 Å². The minimum atomic E-state index is -0.770. The van der Waals surface area contributed by atoms with Crippen molar-refractivity contribution in [1.82, 2.24) is 0 Å². The maximum Gasteiger partial charge on any atom is 0.169 e. The standard InChI is InChI=1S/C13H9BrClF2NO/c14-9-4-8(16)5-11(17)13(9)19-6-7-1-2-10(15)12(18)3-7/h1-5H,6,18H2. The molecule has 2 aromatic rings. The van der Waals surface area contributed by atoms with Gasteiger partial charge in [0.2, 0.25) is 0 Å². The molecule has 0 aliphatic carbocycles. The van der Waals surface area contributed by atoms with Crippen LogP contribution in [0.4, 0.5) is 14.5 Å². The van der Waals surface area contributed by atoms with Crippen LogP contribution in [0, 0.1) is 11.6 Å². The van der Waals surface area contributed by atoms with Crippen LogP contribution in [0.5, 0.6) is 5.75 Å². The highest BCUT2D eigenvalue weighted by Crippen LogP contribution is 2.30. The lowest BCUT2D eigenvalue weighted by atomic mass is 10.2. The van der Waals surface area contributed by atoms with Gasteiger partial charge in [-0.15, -0.1) is 0 Å². The van der Waals surface area contributed by atoms with Gasteiger partial charge in [0, 0.05) is 6.07 Å². The zero-order valence-electron chi connectivity index (χ0n) is 9.59. The summed E-state index contributed by atoms with van der Waals surface area (Å²) in [7, 11) is 0. The normalized spacial score (nSPS) is 10.5. The fourth-order valence-corrected chi connectivity index (χ4v) is 2.15. The summed E-state index contributed by atoms with van der Waals surface area (Å²) in [5.74, 6) is -1.49. The SMILES string of the molecule is Nc1cc(COc2c(F)cc(F)cc2Br)ccc1Cl. The van der Waals surface area contributed by atoms with Crippen molar-refractivity contribution in [2.75, 3.05) is 5.73 Å². The number of nitrogens with two attached hydrogens (primary N) is 1. The molecule has 0 aromatic heterocycles. The second-order valence-electron chi connectivity index (χ2n) is 3.84. The number of anilines is 1. The summed E-state index contributed by atoms with van der Waals surface area (Å²) in [6.45, 7) is 0.0997. The highest BCUT2D eigenvalue weighted by atomic mass is 79.9. The van der Waals surface area contributed by atoms with E-state index in [1.165, 1.54) is 0 Å². The quantitative estimate of drug-likeness (QED) is 0.826. The van der Waals surface area contributed by atoms with Crippen molar-refractivity contribution in [1.29, 1.82) is 0 Å². The van der Waals surface area contributed by atoms with Gasteiger partial charge in [0.25, 0.3) is 0 Å². The van der Waals surface area contributed by atoms with Crippen LogP contribution in [-0.4, -0.2) is 0 Å². The van der Waals surface area contributed by atoms with Crippen molar-refractivity contribution in [2.24, 2.45) is 0 Å². The molecule has 0 atom stereocenters. The van der Waals surface area contributed by atoms with E-state index in [0.29, 0.717) is 10.7 Å². The zero-order chi connectivity index (χ0) is 14.0. The molecule has 0 bridgehead atoms. The van der Waals surface area contributed by atoms with E-state index in [-0.39, 0.29) is 16.8 Å². The first-order valence-electron chi connectivity index (χ1n) is 5.28. The summed E-state index contributed by atoms with van der Waals surface area (Å²) < 4.78 is 32.0. The van der Waals surface area contributed by atoms with E-state index in [1.54, 1.807) is 18.2 Å². The molecule has 0 saturated carbocycles. The zero-order valence-corrected chi connectivity index (χ0v) is 11.9. The van der Waals surface area contributed by atoms with E-state index in [1.807, 2.05) is 0 Å². The first kappa shape index (κ1) is 14.1. The van der Waals surface area contributed by atoms with E-state index in [0.717, 1.165) is 17.7 Å². The average molecular weight is 349 g/mol. The maximum absolute atomic E-state index is 13.5. The van der Waals surface area contributed by atoms with Crippen molar-refractivity contribution in [3.05, 3.63) is 57.0 Å². The summed E-state index contributed by atoms with van der Waals surface area (Å²) in [5, 5.41) is 0.442. The van der Waals surface area contributed by atoms with Gasteiger partial charge in [-0.25, -0.2) is 8.78 Å². The lowest BCUT2D eigenvalue weighted by molar-refractivity contribution is 0.287. The molecule has 100 valence electrons. The molecular weight excluding hydrogens is 340 g/mol. The van der Waals surface area contributed by atoms with Gasteiger partial charge in [-0.1, -0.05) is 17.7 Å². The number of hydrogen-bond acceptors (Lipinski definition) is 2. The van der Waals surface area contributed by atoms with E-state index in [2.05, 4.69) is 15.9 Å². The molecule has 0 aliphatic rings. The first-order valence-corrected chi connectivity index (χ1v) is 6.45. The fourth-order valence-electron chi connectivity index (χ4n) is 1.51. The second-order valence-corrected chi connectivity index (χ2v) is 5.10. The van der Waals surface area contributed by atoms with Crippen LogP contribution >= 0.6 is 27.5 Å². The van der Waals surface area contributed by atoms with Crippen LogP contribution < -0.4 is 10.5 Å². The summed E-state index contributed by atoms with van der Waals surface area (Å²) >= 11 is 8.84. The van der Waals surface area contributed by atoms with Gasteiger partial charge in [-0.05, 0) is 39.7 Å². The van der Waals surface area contributed by atoms with Crippen molar-refractivity contribution in [3.63, 3.8) is 0 Å². The molecule has 19 heavy (non-hydrogen) atoms. The Labute approximate surface area is 122 Å². The topological polar surface area (TPSA) is 35.2 Å². The predicted molar refractivity (Wildman–Crippen MR) is 74.3 cm³/mol. The van der Waals surface area contributed by atoms with Gasteiger partial charge in [-0.3, -0.25) is 0 Å². The minimum Gasteiger partial charge on any atom is -0.485 e. The molecule has 0 amide bonds. The molecular formula is C13H9BrClF2NO.